The van der Waals surface area contributed by atoms with Crippen molar-refractivity contribution < 1.29 is 14.3 Å². The van der Waals surface area contributed by atoms with E-state index in [-0.39, 0.29) is 34.7 Å². The second-order valence-corrected chi connectivity index (χ2v) is 8.35. The van der Waals surface area contributed by atoms with Gasteiger partial charge in [-0.2, -0.15) is 10.4 Å². The van der Waals surface area contributed by atoms with Gasteiger partial charge in [-0.15, -0.1) is 0 Å². The smallest absolute Gasteiger partial charge is 0.270 e. The van der Waals surface area contributed by atoms with Gasteiger partial charge < -0.3 is 14.8 Å². The number of hydrogen-bond donors (Lipinski definition) is 3. The highest BCUT2D eigenvalue weighted by molar-refractivity contribution is 6.33. The second-order valence-electron chi connectivity index (χ2n) is 7.94. The summed E-state index contributed by atoms with van der Waals surface area (Å²) in [5.41, 5.74) is 3.94. The van der Waals surface area contributed by atoms with Crippen LogP contribution in [0, 0.1) is 11.3 Å². The summed E-state index contributed by atoms with van der Waals surface area (Å²) in [4.78, 5) is 31.5. The van der Waals surface area contributed by atoms with E-state index in [0.717, 1.165) is 0 Å². The van der Waals surface area contributed by atoms with Gasteiger partial charge in [0.05, 0.1) is 23.5 Å². The first-order valence-electron chi connectivity index (χ1n) is 11.8. The van der Waals surface area contributed by atoms with Crippen molar-refractivity contribution in [1.29, 1.82) is 5.26 Å². The summed E-state index contributed by atoms with van der Waals surface area (Å²) < 4.78 is 11.3. The van der Waals surface area contributed by atoms with Crippen molar-refractivity contribution in [2.45, 2.75) is 6.92 Å². The van der Waals surface area contributed by atoms with E-state index in [1.165, 1.54) is 12.3 Å². The molecule has 1 heterocycles. The number of aromatic nitrogens is 2. The van der Waals surface area contributed by atoms with E-state index in [1.54, 1.807) is 42.5 Å². The summed E-state index contributed by atoms with van der Waals surface area (Å²) in [7, 11) is 0. The molecule has 0 atom stereocenters. The van der Waals surface area contributed by atoms with Crippen LogP contribution in [0.3, 0.4) is 0 Å². The Balaban J connectivity index is 1.49. The standard InChI is InChI=1S/C28H23ClN6O4/c1-2-38-23-13-19(22(29)14-24(23)39-17-25(36)32-20-11-7-4-8-12-20)16-31-35-28-33-26(18-9-5-3-6-10-18)21(15-30)27(37)34-28/h3-14,16H,2,17H2,1H3,(H,32,36)(H2,33,34,35,37). The number of nitrogens with one attached hydrogen (secondary N) is 3. The van der Waals surface area contributed by atoms with E-state index >= 15 is 0 Å². The summed E-state index contributed by atoms with van der Waals surface area (Å²) in [5.74, 6) is 0.362. The average Bonchev–Trinajstić information content (AvgIpc) is 2.94. The van der Waals surface area contributed by atoms with Crippen molar-refractivity contribution in [1.82, 2.24) is 9.97 Å². The van der Waals surface area contributed by atoms with Crippen LogP contribution in [0.15, 0.2) is 82.7 Å². The van der Waals surface area contributed by atoms with Gasteiger partial charge in [0.25, 0.3) is 11.5 Å². The monoisotopic (exact) mass is 542 g/mol. The molecule has 0 aliphatic rings. The minimum absolute atomic E-state index is 0.0413. The third-order valence-corrected chi connectivity index (χ3v) is 5.56. The molecule has 0 bridgehead atoms. The van der Waals surface area contributed by atoms with E-state index < -0.39 is 5.56 Å². The number of aromatic amines is 1. The first kappa shape index (κ1) is 26.9. The lowest BCUT2D eigenvalue weighted by Gasteiger charge is -2.14. The number of H-pyrrole nitrogens is 1. The molecule has 0 radical (unpaired) electrons. The molecule has 11 heteroatoms. The molecule has 0 saturated carbocycles. The number of para-hydroxylation sites is 1. The number of halogens is 1. The summed E-state index contributed by atoms with van der Waals surface area (Å²) in [6.45, 7) is 1.91. The second kappa shape index (κ2) is 12.9. The number of carbonyl (C=O) groups is 1. The molecule has 10 nitrogen and oxygen atoms in total. The molecule has 3 aromatic carbocycles. The van der Waals surface area contributed by atoms with Gasteiger partial charge >= 0.3 is 0 Å². The largest absolute Gasteiger partial charge is 0.490 e. The lowest BCUT2D eigenvalue weighted by atomic mass is 10.1. The van der Waals surface area contributed by atoms with Crippen LogP contribution in [0.2, 0.25) is 5.02 Å². The number of nitrogens with zero attached hydrogens (tertiary/aromatic N) is 3. The van der Waals surface area contributed by atoms with Crippen LogP contribution in [-0.2, 0) is 4.79 Å². The minimum atomic E-state index is -0.599. The number of benzene rings is 3. The fraction of sp³-hybridized carbons (Fsp3) is 0.107. The Labute approximate surface area is 228 Å². The highest BCUT2D eigenvalue weighted by Crippen LogP contribution is 2.33. The molecule has 196 valence electrons. The Morgan fingerprint density at radius 2 is 1.79 bits per heavy atom. The third-order valence-electron chi connectivity index (χ3n) is 5.23. The molecule has 0 aliphatic carbocycles. The van der Waals surface area contributed by atoms with E-state index in [1.807, 2.05) is 37.3 Å². The van der Waals surface area contributed by atoms with E-state index in [9.17, 15) is 14.9 Å². The number of amides is 1. The molecule has 4 rings (SSSR count). The molecule has 1 amide bonds. The highest BCUT2D eigenvalue weighted by Gasteiger charge is 2.14. The number of nitriles is 1. The Kier molecular flexibility index (Phi) is 8.90. The van der Waals surface area contributed by atoms with E-state index in [0.29, 0.717) is 34.9 Å². The Morgan fingerprint density at radius 3 is 2.49 bits per heavy atom. The topological polar surface area (TPSA) is 141 Å². The van der Waals surface area contributed by atoms with Crippen molar-refractivity contribution in [3.63, 3.8) is 0 Å². The van der Waals surface area contributed by atoms with Crippen molar-refractivity contribution in [3.8, 4) is 28.8 Å². The Bertz CT molecular complexity index is 1580. The molecular formula is C28H23ClN6O4. The Morgan fingerprint density at radius 1 is 1.10 bits per heavy atom. The Hall–Kier alpha value is -5.14. The highest BCUT2D eigenvalue weighted by atomic mass is 35.5. The number of anilines is 2. The van der Waals surface area contributed by atoms with Gasteiger partial charge in [-0.3, -0.25) is 14.6 Å². The molecule has 0 unspecified atom stereocenters. The summed E-state index contributed by atoms with van der Waals surface area (Å²) >= 11 is 6.43. The summed E-state index contributed by atoms with van der Waals surface area (Å²) in [5, 5.41) is 16.6. The van der Waals surface area contributed by atoms with E-state index in [4.69, 9.17) is 21.1 Å². The molecule has 0 aliphatic heterocycles. The molecule has 1 aromatic heterocycles. The lowest BCUT2D eigenvalue weighted by molar-refractivity contribution is -0.118. The van der Waals surface area contributed by atoms with Crippen LogP contribution >= 0.6 is 11.6 Å². The van der Waals surface area contributed by atoms with Gasteiger partial charge in [-0.1, -0.05) is 60.1 Å². The number of hydrazone groups is 1. The maximum Gasteiger partial charge on any atom is 0.270 e. The number of hydrogen-bond acceptors (Lipinski definition) is 8. The zero-order valence-corrected chi connectivity index (χ0v) is 21.5. The van der Waals surface area contributed by atoms with Crippen molar-refractivity contribution in [2.24, 2.45) is 5.10 Å². The molecule has 3 N–H and O–H groups in total. The molecular weight excluding hydrogens is 520 g/mol. The minimum Gasteiger partial charge on any atom is -0.490 e. The molecule has 39 heavy (non-hydrogen) atoms. The maximum absolute atomic E-state index is 12.4. The maximum atomic E-state index is 12.4. The number of carbonyl (C=O) groups excluding carboxylic acids is 1. The van der Waals surface area contributed by atoms with Crippen LogP contribution in [-0.4, -0.2) is 35.3 Å². The lowest BCUT2D eigenvalue weighted by Crippen LogP contribution is -2.20. The first-order valence-corrected chi connectivity index (χ1v) is 12.2. The van der Waals surface area contributed by atoms with Gasteiger partial charge in [0.2, 0.25) is 5.95 Å². The van der Waals surface area contributed by atoms with Crippen molar-refractivity contribution in [2.75, 3.05) is 24.0 Å². The van der Waals surface area contributed by atoms with E-state index in [2.05, 4.69) is 25.8 Å². The molecule has 0 saturated heterocycles. The molecule has 4 aromatic rings. The van der Waals surface area contributed by atoms with Crippen LogP contribution in [0.25, 0.3) is 11.3 Å². The van der Waals surface area contributed by atoms with Gasteiger partial charge in [-0.25, -0.2) is 10.4 Å². The van der Waals surface area contributed by atoms with Gasteiger partial charge in [0, 0.05) is 22.9 Å². The fourth-order valence-corrected chi connectivity index (χ4v) is 3.69. The zero-order valence-electron chi connectivity index (χ0n) is 20.8. The predicted octanol–water partition coefficient (Wildman–Crippen LogP) is 4.82. The number of rotatable bonds is 10. The van der Waals surface area contributed by atoms with Crippen LogP contribution in [0.1, 0.15) is 18.1 Å². The first-order chi connectivity index (χ1) is 19.0. The fourth-order valence-electron chi connectivity index (χ4n) is 3.49. The van der Waals surface area contributed by atoms with Gasteiger partial charge in [0.15, 0.2) is 18.1 Å². The van der Waals surface area contributed by atoms with Gasteiger partial charge in [-0.05, 0) is 25.1 Å². The SMILES string of the molecule is CCOc1cc(C=NNc2nc(-c3ccccc3)c(C#N)c(=O)[nH]2)c(Cl)cc1OCC(=O)Nc1ccccc1. The number of ether oxygens (including phenoxy) is 2. The van der Waals surface area contributed by atoms with Crippen molar-refractivity contribution in [3.05, 3.63) is 99.3 Å². The predicted molar refractivity (Wildman–Crippen MR) is 149 cm³/mol. The quantitative estimate of drug-likeness (QED) is 0.192. The van der Waals surface area contributed by atoms with Crippen molar-refractivity contribution >= 4 is 35.4 Å². The normalized spacial score (nSPS) is 10.6. The van der Waals surface area contributed by atoms with Crippen LogP contribution < -0.4 is 25.8 Å². The van der Waals surface area contributed by atoms with Crippen LogP contribution in [0.4, 0.5) is 11.6 Å². The molecule has 0 spiro atoms. The zero-order chi connectivity index (χ0) is 27.6. The third kappa shape index (κ3) is 7.00. The summed E-state index contributed by atoms with van der Waals surface area (Å²) in [6, 6.07) is 22.9. The van der Waals surface area contributed by atoms with Crippen LogP contribution in [0.5, 0.6) is 11.5 Å². The average molecular weight is 543 g/mol. The van der Waals surface area contributed by atoms with Gasteiger partial charge in [0.1, 0.15) is 11.6 Å². The molecule has 0 fully saturated rings. The summed E-state index contributed by atoms with van der Waals surface area (Å²) in [6.07, 6.45) is 1.41.